The van der Waals surface area contributed by atoms with Gasteiger partial charge in [-0.1, -0.05) is 53.5 Å². The van der Waals surface area contributed by atoms with Crippen molar-refractivity contribution in [1.82, 2.24) is 4.90 Å². The van der Waals surface area contributed by atoms with Gasteiger partial charge in [0.1, 0.15) is 11.1 Å². The van der Waals surface area contributed by atoms with Crippen molar-refractivity contribution in [1.29, 1.82) is 0 Å². The Morgan fingerprint density at radius 2 is 1.62 bits per heavy atom. The molecule has 1 aliphatic heterocycles. The van der Waals surface area contributed by atoms with Crippen LogP contribution in [0.3, 0.4) is 0 Å². The van der Waals surface area contributed by atoms with Gasteiger partial charge >= 0.3 is 12.0 Å². The zero-order valence-electron chi connectivity index (χ0n) is 19.9. The third kappa shape index (κ3) is 6.10. The van der Waals surface area contributed by atoms with Crippen LogP contribution >= 0.6 is 23.2 Å². The number of amides is 3. The molecular weight excluding hydrogens is 475 g/mol. The maximum atomic E-state index is 13.7. The van der Waals surface area contributed by atoms with Gasteiger partial charge in [0.25, 0.3) is 5.91 Å². The summed E-state index contributed by atoms with van der Waals surface area (Å²) in [6, 6.07) is 13.8. The average molecular weight is 505 g/mol. The minimum absolute atomic E-state index is 0.246. The third-order valence-electron chi connectivity index (χ3n) is 5.61. The van der Waals surface area contributed by atoms with E-state index in [1.165, 1.54) is 0 Å². The van der Waals surface area contributed by atoms with Crippen LogP contribution in [0.2, 0.25) is 10.0 Å². The first-order chi connectivity index (χ1) is 15.9. The van der Waals surface area contributed by atoms with Gasteiger partial charge in [0.2, 0.25) is 0 Å². The minimum Gasteiger partial charge on any atom is -0.460 e. The quantitative estimate of drug-likeness (QED) is 0.241. The highest BCUT2D eigenvalue weighted by atomic mass is 35.5. The summed E-state index contributed by atoms with van der Waals surface area (Å²) >= 11 is 12.3. The van der Waals surface area contributed by atoms with Gasteiger partial charge in [-0.2, -0.15) is 0 Å². The maximum Gasteiger partial charge on any atom is 0.332 e. The predicted octanol–water partition coefficient (Wildman–Crippen LogP) is 6.28. The lowest BCUT2D eigenvalue weighted by Gasteiger charge is -2.32. The number of rotatable bonds is 8. The first-order valence-electron chi connectivity index (χ1n) is 11.3. The molecule has 1 fully saturated rings. The standard InChI is InChI=1S/C26H30Cl2N2O4/c1-25(2,3)34-22(31)12-8-9-13-29-24(33)30(21-15-19(27)14-20(28)16-21)23(32)26(29,4)17-18-10-6-5-7-11-18/h5-7,10-11,14-16H,8-9,12-13,17H2,1-4H3. The molecule has 8 heteroatoms. The molecule has 2 aromatic rings. The van der Waals surface area contributed by atoms with E-state index in [9.17, 15) is 14.4 Å². The third-order valence-corrected chi connectivity index (χ3v) is 6.05. The van der Waals surface area contributed by atoms with Crippen LogP contribution in [0, 0.1) is 0 Å². The number of halogens is 2. The fourth-order valence-corrected chi connectivity index (χ4v) is 4.62. The fourth-order valence-electron chi connectivity index (χ4n) is 4.11. The SMILES string of the molecule is CC(C)(C)OC(=O)CCCCN1C(=O)N(c2cc(Cl)cc(Cl)c2)C(=O)C1(C)Cc1ccccc1. The Morgan fingerprint density at radius 1 is 1.00 bits per heavy atom. The molecule has 0 spiro atoms. The number of anilines is 1. The smallest absolute Gasteiger partial charge is 0.332 e. The van der Waals surface area contributed by atoms with Crippen molar-refractivity contribution in [3.8, 4) is 0 Å². The number of benzene rings is 2. The van der Waals surface area contributed by atoms with Crippen molar-refractivity contribution in [3.63, 3.8) is 0 Å². The van der Waals surface area contributed by atoms with Crippen LogP contribution in [0.4, 0.5) is 10.5 Å². The Bertz CT molecular complexity index is 1050. The molecule has 0 N–H and O–H groups in total. The Hall–Kier alpha value is -2.57. The second-order valence-electron chi connectivity index (χ2n) is 9.68. The summed E-state index contributed by atoms with van der Waals surface area (Å²) in [5.41, 5.74) is -0.362. The molecule has 1 atom stereocenters. The molecule has 0 bridgehead atoms. The molecule has 0 aromatic heterocycles. The lowest BCUT2D eigenvalue weighted by Crippen LogP contribution is -2.49. The number of imide groups is 1. The van der Waals surface area contributed by atoms with E-state index in [1.54, 1.807) is 30.0 Å². The largest absolute Gasteiger partial charge is 0.460 e. The summed E-state index contributed by atoms with van der Waals surface area (Å²) in [5, 5.41) is 0.673. The van der Waals surface area contributed by atoms with Crippen molar-refractivity contribution < 1.29 is 19.1 Å². The second-order valence-corrected chi connectivity index (χ2v) is 10.6. The highest BCUT2D eigenvalue weighted by Gasteiger charge is 2.54. The summed E-state index contributed by atoms with van der Waals surface area (Å²) in [5.74, 6) is -0.620. The van der Waals surface area contributed by atoms with E-state index in [0.29, 0.717) is 41.5 Å². The number of unbranched alkanes of at least 4 members (excludes halogenated alkanes) is 1. The molecule has 34 heavy (non-hydrogen) atoms. The van der Waals surface area contributed by atoms with Crippen molar-refractivity contribution >= 4 is 46.8 Å². The van der Waals surface area contributed by atoms with Gasteiger partial charge < -0.3 is 9.64 Å². The molecule has 1 heterocycles. The second kappa shape index (κ2) is 10.4. The molecule has 2 aromatic carbocycles. The minimum atomic E-state index is -1.10. The summed E-state index contributed by atoms with van der Waals surface area (Å²) in [6.45, 7) is 7.57. The van der Waals surface area contributed by atoms with E-state index in [-0.39, 0.29) is 18.3 Å². The zero-order chi connectivity index (χ0) is 25.1. The fraction of sp³-hybridized carbons (Fsp3) is 0.423. The summed E-state index contributed by atoms with van der Waals surface area (Å²) in [7, 11) is 0. The number of esters is 1. The molecule has 3 amide bonds. The van der Waals surface area contributed by atoms with E-state index >= 15 is 0 Å². The highest BCUT2D eigenvalue weighted by Crippen LogP contribution is 2.37. The van der Waals surface area contributed by atoms with Crippen LogP contribution in [0.5, 0.6) is 0 Å². The number of nitrogens with zero attached hydrogens (tertiary/aromatic N) is 2. The van der Waals surface area contributed by atoms with E-state index in [4.69, 9.17) is 27.9 Å². The molecule has 0 radical (unpaired) electrons. The first-order valence-corrected chi connectivity index (χ1v) is 12.0. The highest BCUT2D eigenvalue weighted by molar-refractivity contribution is 6.35. The van der Waals surface area contributed by atoms with Gasteiger partial charge in [0, 0.05) is 29.4 Å². The zero-order valence-corrected chi connectivity index (χ0v) is 21.4. The van der Waals surface area contributed by atoms with Crippen molar-refractivity contribution in [2.45, 2.75) is 64.5 Å². The first kappa shape index (κ1) is 26.0. The molecular formula is C26H30Cl2N2O4. The number of hydrogen-bond acceptors (Lipinski definition) is 4. The molecule has 0 aliphatic carbocycles. The molecule has 1 unspecified atom stereocenters. The van der Waals surface area contributed by atoms with Gasteiger partial charge in [0.05, 0.1) is 5.69 Å². The molecule has 3 rings (SSSR count). The van der Waals surface area contributed by atoms with Crippen LogP contribution in [0.1, 0.15) is 52.5 Å². The lowest BCUT2D eigenvalue weighted by atomic mass is 9.91. The molecule has 182 valence electrons. The Labute approximate surface area is 210 Å². The van der Waals surface area contributed by atoms with Gasteiger partial charge in [-0.05, 0) is 64.3 Å². The van der Waals surface area contributed by atoms with E-state index in [1.807, 2.05) is 51.1 Å². The van der Waals surface area contributed by atoms with Crippen molar-refractivity contribution in [2.24, 2.45) is 0 Å². The van der Waals surface area contributed by atoms with Crippen LogP contribution in [-0.4, -0.2) is 40.5 Å². The van der Waals surface area contributed by atoms with Crippen molar-refractivity contribution in [3.05, 3.63) is 64.1 Å². The number of carbonyl (C=O) groups is 3. The predicted molar refractivity (Wildman–Crippen MR) is 134 cm³/mol. The molecule has 1 aliphatic rings. The Balaban J connectivity index is 1.82. The summed E-state index contributed by atoms with van der Waals surface area (Å²) in [6.07, 6.45) is 1.69. The van der Waals surface area contributed by atoms with Crippen molar-refractivity contribution in [2.75, 3.05) is 11.4 Å². The van der Waals surface area contributed by atoms with Crippen LogP contribution < -0.4 is 4.90 Å². The van der Waals surface area contributed by atoms with E-state index in [2.05, 4.69) is 0 Å². The molecule has 6 nitrogen and oxygen atoms in total. The number of ether oxygens (including phenoxy) is 1. The number of hydrogen-bond donors (Lipinski definition) is 0. The summed E-state index contributed by atoms with van der Waals surface area (Å²) < 4.78 is 5.36. The monoisotopic (exact) mass is 504 g/mol. The van der Waals surface area contributed by atoms with Crippen LogP contribution in [0.15, 0.2) is 48.5 Å². The maximum absolute atomic E-state index is 13.7. The number of urea groups is 1. The van der Waals surface area contributed by atoms with Crippen LogP contribution in [0.25, 0.3) is 0 Å². The topological polar surface area (TPSA) is 66.9 Å². The molecule has 0 saturated carbocycles. The Kier molecular flexibility index (Phi) is 7.94. The number of carbonyl (C=O) groups excluding carboxylic acids is 3. The van der Waals surface area contributed by atoms with Gasteiger partial charge in [-0.25, -0.2) is 9.69 Å². The van der Waals surface area contributed by atoms with Gasteiger partial charge in [-0.15, -0.1) is 0 Å². The Morgan fingerprint density at radius 3 is 2.21 bits per heavy atom. The average Bonchev–Trinajstić information content (AvgIpc) is 2.89. The lowest BCUT2D eigenvalue weighted by molar-refractivity contribution is -0.155. The summed E-state index contributed by atoms with van der Waals surface area (Å²) in [4.78, 5) is 42.0. The van der Waals surface area contributed by atoms with E-state index < -0.39 is 17.2 Å². The van der Waals surface area contributed by atoms with Gasteiger partial charge in [0.15, 0.2) is 0 Å². The van der Waals surface area contributed by atoms with Gasteiger partial charge in [-0.3, -0.25) is 9.59 Å². The normalized spacial score (nSPS) is 18.5. The van der Waals surface area contributed by atoms with E-state index in [0.717, 1.165) is 10.5 Å². The van der Waals surface area contributed by atoms with Crippen LogP contribution in [-0.2, 0) is 20.7 Å². The molecule has 1 saturated heterocycles.